The Morgan fingerprint density at radius 1 is 1.88 bits per heavy atom. The summed E-state index contributed by atoms with van der Waals surface area (Å²) in [7, 11) is 0. The van der Waals surface area contributed by atoms with Crippen LogP contribution >= 0.6 is 0 Å². The van der Waals surface area contributed by atoms with Crippen LogP contribution in [0, 0.1) is 0 Å². The summed E-state index contributed by atoms with van der Waals surface area (Å²) in [6.07, 6.45) is 0. The van der Waals surface area contributed by atoms with Gasteiger partial charge in [-0.2, -0.15) is 0 Å². The second-order valence-corrected chi connectivity index (χ2v) is 2.95. The molecule has 1 aliphatic heterocycles. The first-order valence-electron chi connectivity index (χ1n) is 3.03. The molecule has 1 heterocycles. The van der Waals surface area contributed by atoms with E-state index in [1.807, 2.05) is 0 Å². The Hall–Kier alpha value is 0.452. The van der Waals surface area contributed by atoms with Crippen molar-refractivity contribution in [2.24, 2.45) is 0 Å². The number of hydrogen-bond donors (Lipinski definition) is 1. The van der Waals surface area contributed by atoms with Crippen LogP contribution in [0.25, 0.3) is 0 Å². The third-order valence-electron chi connectivity index (χ3n) is 1.55. The molecule has 0 amide bonds. The molecule has 0 aliphatic carbocycles. The van der Waals surface area contributed by atoms with Gasteiger partial charge in [-0.3, -0.25) is 0 Å². The average molecular weight is 128 g/mol. The topological polar surface area (TPSA) is 15.3 Å². The van der Waals surface area contributed by atoms with Gasteiger partial charge in [-0.1, -0.05) is 0 Å². The van der Waals surface area contributed by atoms with Crippen molar-refractivity contribution < 1.29 is 2.85 Å². The normalized spacial score (nSPS) is 33.1. The predicted molar refractivity (Wildman–Crippen MR) is 37.0 cm³/mol. The molecule has 1 fully saturated rings. The van der Waals surface area contributed by atoms with E-state index in [1.165, 1.54) is 0 Å². The molecule has 1 unspecified atom stereocenters. The minimum Gasteiger partial charge on any atom is -1.00 e. The third kappa shape index (κ3) is 1.46. The molecule has 3 heteroatoms. The molecular weight excluding hydrogens is 115 g/mol. The maximum atomic E-state index is 3.31. The van der Waals surface area contributed by atoms with Gasteiger partial charge in [-0.05, 0) is 0 Å². The number of hydrogen-bond acceptors (Lipinski definition) is 2. The van der Waals surface area contributed by atoms with Crippen LogP contribution in [-0.2, 0) is 0 Å². The van der Waals surface area contributed by atoms with Crippen molar-refractivity contribution in [2.75, 3.05) is 19.6 Å². The van der Waals surface area contributed by atoms with Crippen molar-refractivity contribution >= 4 is 16.5 Å². The van der Waals surface area contributed by atoms with E-state index in [-0.39, 0.29) is 2.85 Å². The summed E-state index contributed by atoms with van der Waals surface area (Å²) in [5, 5.41) is 3.31. The van der Waals surface area contributed by atoms with Gasteiger partial charge in [0.2, 0.25) is 0 Å². The zero-order chi connectivity index (χ0) is 5.98. The Morgan fingerprint density at radius 3 is 3.00 bits per heavy atom. The summed E-state index contributed by atoms with van der Waals surface area (Å²) >= 11 is 2.74. The number of nitrogens with one attached hydrogen (secondary N) is 1. The minimum absolute atomic E-state index is 0. The Bertz CT molecular complexity index is 74.0. The summed E-state index contributed by atoms with van der Waals surface area (Å²) in [6.45, 7) is 5.64. The molecule has 1 rings (SSSR count). The van der Waals surface area contributed by atoms with Crippen LogP contribution in [0.1, 0.15) is 9.78 Å². The van der Waals surface area contributed by atoms with Crippen molar-refractivity contribution in [1.82, 2.24) is 9.20 Å². The molecule has 0 radical (unpaired) electrons. The molecule has 0 spiro atoms. The average Bonchev–Trinajstić information content (AvgIpc) is 1.77. The third-order valence-corrected chi connectivity index (χ3v) is 2.32. The summed E-state index contributed by atoms with van der Waals surface area (Å²) in [5.41, 5.74) is 0. The molecule has 46 valence electrons. The molecule has 1 atom stereocenters. The molecule has 0 bridgehead atoms. The molecule has 0 saturated carbocycles. The zero-order valence-corrected chi connectivity index (χ0v) is 6.38. The standard InChI is InChI=1S/C5H11N2.Al.2H/c1-5-4-6-2-3-7-5;;;/h5-6H,2-4H2,1H3;;;/q-1;+3;2*-1. The van der Waals surface area contributed by atoms with Gasteiger partial charge in [0.25, 0.3) is 0 Å². The maximum absolute atomic E-state index is 3.31. The fourth-order valence-electron chi connectivity index (χ4n) is 0.857. The van der Waals surface area contributed by atoms with E-state index in [9.17, 15) is 0 Å². The number of piperazine rings is 1. The molecule has 1 N–H and O–H groups in total. The summed E-state index contributed by atoms with van der Waals surface area (Å²) in [6, 6.07) is 0.689. The molecular formula is C5H13AlN2. The van der Waals surface area contributed by atoms with Crippen molar-refractivity contribution in [3.8, 4) is 0 Å². The first-order valence-corrected chi connectivity index (χ1v) is 3.54. The van der Waals surface area contributed by atoms with Crippen molar-refractivity contribution in [3.63, 3.8) is 0 Å². The van der Waals surface area contributed by atoms with Crippen LogP contribution < -0.4 is 5.32 Å². The molecule has 8 heavy (non-hydrogen) atoms. The Kier molecular flexibility index (Phi) is 2.33. The van der Waals surface area contributed by atoms with Gasteiger partial charge in [0.15, 0.2) is 0 Å². The van der Waals surface area contributed by atoms with E-state index in [0.717, 1.165) is 19.6 Å². The van der Waals surface area contributed by atoms with Crippen molar-refractivity contribution in [3.05, 3.63) is 0 Å². The fourth-order valence-corrected chi connectivity index (χ4v) is 1.09. The van der Waals surface area contributed by atoms with Crippen LogP contribution in [0.3, 0.4) is 0 Å². The van der Waals surface area contributed by atoms with Crippen LogP contribution in [0.4, 0.5) is 0 Å². The molecule has 1 saturated heterocycles. The van der Waals surface area contributed by atoms with Gasteiger partial charge in [0.05, 0.1) is 0 Å². The van der Waals surface area contributed by atoms with Crippen molar-refractivity contribution in [1.29, 1.82) is 0 Å². The van der Waals surface area contributed by atoms with E-state index in [4.69, 9.17) is 0 Å². The molecule has 2 nitrogen and oxygen atoms in total. The smallest absolute Gasteiger partial charge is 1.00 e. The van der Waals surface area contributed by atoms with Crippen LogP contribution in [0.5, 0.6) is 0 Å². The van der Waals surface area contributed by atoms with E-state index in [0.29, 0.717) is 6.04 Å². The predicted octanol–water partition coefficient (Wildman–Crippen LogP) is -0.411. The van der Waals surface area contributed by atoms with Gasteiger partial charge in [-0.15, -0.1) is 0 Å². The van der Waals surface area contributed by atoms with E-state index >= 15 is 0 Å². The Labute approximate surface area is 61.9 Å². The van der Waals surface area contributed by atoms with Gasteiger partial charge in [-0.25, -0.2) is 0 Å². The molecule has 1 aliphatic rings. The Morgan fingerprint density at radius 2 is 2.62 bits per heavy atom. The number of nitrogens with zero attached hydrogens (tertiary/aromatic N) is 1. The SMILES string of the molecule is CC1CNCC[N]1[Al+2].[H-].[H-]. The summed E-state index contributed by atoms with van der Waals surface area (Å²) in [4.78, 5) is 0. The zero-order valence-electron chi connectivity index (χ0n) is 7.22. The minimum atomic E-state index is 0. The van der Waals surface area contributed by atoms with Crippen molar-refractivity contribution in [2.45, 2.75) is 13.0 Å². The van der Waals surface area contributed by atoms with Crippen LogP contribution in [0.15, 0.2) is 0 Å². The van der Waals surface area contributed by atoms with Crippen LogP contribution in [-0.4, -0.2) is 46.1 Å². The first-order chi connectivity index (χ1) is 3.80. The molecule has 0 aromatic carbocycles. The van der Waals surface area contributed by atoms with E-state index in [2.05, 4.69) is 32.6 Å². The van der Waals surface area contributed by atoms with Crippen LogP contribution in [0.2, 0.25) is 0 Å². The number of rotatable bonds is 0. The maximum Gasteiger partial charge on any atom is -1.00 e. The van der Waals surface area contributed by atoms with E-state index < -0.39 is 0 Å². The van der Waals surface area contributed by atoms with E-state index in [1.54, 1.807) is 0 Å². The molecule has 0 aromatic heterocycles. The monoisotopic (exact) mass is 128 g/mol. The second-order valence-electron chi connectivity index (χ2n) is 2.29. The quantitative estimate of drug-likeness (QED) is 0.446. The van der Waals surface area contributed by atoms with Gasteiger partial charge in [0.1, 0.15) is 0 Å². The fraction of sp³-hybridized carbons (Fsp3) is 1.00. The van der Waals surface area contributed by atoms with Gasteiger partial charge in [0, 0.05) is 0 Å². The largest absolute Gasteiger partial charge is 1.00 e. The van der Waals surface area contributed by atoms with Gasteiger partial charge < -0.3 is 2.85 Å². The second kappa shape index (κ2) is 2.84. The summed E-state index contributed by atoms with van der Waals surface area (Å²) < 4.78 is 2.29. The molecule has 0 aromatic rings. The van der Waals surface area contributed by atoms with Gasteiger partial charge >= 0.3 is 58.3 Å². The first kappa shape index (κ1) is 6.57. The summed E-state index contributed by atoms with van der Waals surface area (Å²) in [5.74, 6) is 0. The Balaban J connectivity index is 0.